The summed E-state index contributed by atoms with van der Waals surface area (Å²) in [6.45, 7) is 0.515. The molecule has 0 bridgehead atoms. The van der Waals surface area contributed by atoms with Crippen LogP contribution in [0.25, 0.3) is 0 Å². The third kappa shape index (κ3) is 1.45. The Morgan fingerprint density at radius 2 is 2.17 bits per heavy atom. The molecule has 0 aromatic carbocycles. The van der Waals surface area contributed by atoms with E-state index in [2.05, 4.69) is 6.07 Å². The van der Waals surface area contributed by atoms with Crippen molar-refractivity contribution in [3.8, 4) is 6.07 Å². The average Bonchev–Trinajstić information content (AvgIpc) is 2.82. The predicted octanol–water partition coefficient (Wildman–Crippen LogP) is 0.867. The average molecular weight is 168 g/mol. The van der Waals surface area contributed by atoms with Gasteiger partial charge in [0.15, 0.2) is 0 Å². The van der Waals surface area contributed by atoms with Crippen LogP contribution < -0.4 is 0 Å². The van der Waals surface area contributed by atoms with E-state index in [1.54, 1.807) is 7.11 Å². The third-order valence-corrected chi connectivity index (χ3v) is 2.61. The maximum atomic E-state index is 9.12. The second-order valence-corrected chi connectivity index (χ2v) is 3.64. The van der Waals surface area contributed by atoms with Crippen LogP contribution >= 0.6 is 0 Å². The van der Waals surface area contributed by atoms with Gasteiger partial charge in [-0.2, -0.15) is 5.26 Å². The normalized spacial score (nSPS) is 21.9. The van der Waals surface area contributed by atoms with E-state index in [0.29, 0.717) is 12.5 Å². The summed E-state index contributed by atoms with van der Waals surface area (Å²) in [5.41, 5.74) is -0.380. The fraction of sp³-hybridized carbons (Fsp3) is 0.889. The summed E-state index contributed by atoms with van der Waals surface area (Å²) in [7, 11) is 5.54. The molecule has 1 atom stereocenters. The lowest BCUT2D eigenvalue weighted by Crippen LogP contribution is -2.48. The minimum Gasteiger partial charge on any atom is -0.382 e. The fourth-order valence-corrected chi connectivity index (χ4v) is 1.62. The Bertz CT molecular complexity index is 189. The molecular weight excluding hydrogens is 152 g/mol. The molecule has 1 aliphatic rings. The van der Waals surface area contributed by atoms with Gasteiger partial charge in [0, 0.05) is 7.11 Å². The van der Waals surface area contributed by atoms with Crippen molar-refractivity contribution in [1.29, 1.82) is 5.26 Å². The summed E-state index contributed by atoms with van der Waals surface area (Å²) in [5, 5.41) is 9.12. The molecule has 1 fully saturated rings. The van der Waals surface area contributed by atoms with E-state index in [1.165, 1.54) is 0 Å². The molecule has 12 heavy (non-hydrogen) atoms. The molecule has 1 rings (SSSR count). The highest BCUT2D eigenvalue weighted by molar-refractivity contribution is 5.15. The fourth-order valence-electron chi connectivity index (χ4n) is 1.62. The Morgan fingerprint density at radius 1 is 1.58 bits per heavy atom. The molecule has 0 heterocycles. The monoisotopic (exact) mass is 168 g/mol. The van der Waals surface area contributed by atoms with Gasteiger partial charge < -0.3 is 4.74 Å². The molecule has 1 saturated carbocycles. The van der Waals surface area contributed by atoms with Crippen molar-refractivity contribution in [2.24, 2.45) is 5.92 Å². The van der Waals surface area contributed by atoms with Crippen LogP contribution in [0.5, 0.6) is 0 Å². The highest BCUT2D eigenvalue weighted by Crippen LogP contribution is 2.42. The van der Waals surface area contributed by atoms with Crippen LogP contribution in [0.4, 0.5) is 0 Å². The number of rotatable bonds is 4. The zero-order valence-corrected chi connectivity index (χ0v) is 8.00. The summed E-state index contributed by atoms with van der Waals surface area (Å²) >= 11 is 0. The summed E-state index contributed by atoms with van der Waals surface area (Å²) in [6, 6.07) is 2.38. The van der Waals surface area contributed by atoms with Gasteiger partial charge in [0.2, 0.25) is 0 Å². The quantitative estimate of drug-likeness (QED) is 0.625. The van der Waals surface area contributed by atoms with Gasteiger partial charge >= 0.3 is 0 Å². The maximum absolute atomic E-state index is 9.12. The van der Waals surface area contributed by atoms with Gasteiger partial charge in [-0.3, -0.25) is 4.90 Å². The van der Waals surface area contributed by atoms with Crippen molar-refractivity contribution >= 4 is 0 Å². The molecule has 3 nitrogen and oxygen atoms in total. The van der Waals surface area contributed by atoms with Crippen LogP contribution in [0, 0.1) is 17.2 Å². The number of likely N-dealkylation sites (N-methyl/N-ethyl adjacent to an activating group) is 1. The van der Waals surface area contributed by atoms with Gasteiger partial charge in [-0.1, -0.05) is 0 Å². The molecule has 0 aromatic rings. The second kappa shape index (κ2) is 3.42. The summed E-state index contributed by atoms with van der Waals surface area (Å²) in [4.78, 5) is 1.98. The van der Waals surface area contributed by atoms with E-state index in [-0.39, 0.29) is 5.54 Å². The number of hydrogen-bond acceptors (Lipinski definition) is 3. The zero-order valence-electron chi connectivity index (χ0n) is 8.00. The molecule has 68 valence electrons. The van der Waals surface area contributed by atoms with Crippen molar-refractivity contribution < 1.29 is 4.74 Å². The van der Waals surface area contributed by atoms with E-state index in [1.807, 2.05) is 19.0 Å². The van der Waals surface area contributed by atoms with E-state index in [0.717, 1.165) is 12.8 Å². The summed E-state index contributed by atoms with van der Waals surface area (Å²) < 4.78 is 5.10. The molecule has 0 spiro atoms. The van der Waals surface area contributed by atoms with Crippen molar-refractivity contribution in [3.05, 3.63) is 0 Å². The minimum absolute atomic E-state index is 0.380. The summed E-state index contributed by atoms with van der Waals surface area (Å²) in [6.07, 6.45) is 2.32. The molecule has 1 unspecified atom stereocenters. The van der Waals surface area contributed by atoms with Crippen LogP contribution in [-0.2, 0) is 4.74 Å². The smallest absolute Gasteiger partial charge is 0.135 e. The Kier molecular flexibility index (Phi) is 2.71. The number of nitrogens with zero attached hydrogens (tertiary/aromatic N) is 2. The van der Waals surface area contributed by atoms with Gasteiger partial charge in [0.25, 0.3) is 0 Å². The first-order valence-electron chi connectivity index (χ1n) is 4.25. The lowest BCUT2D eigenvalue weighted by Gasteiger charge is -2.32. The molecule has 0 N–H and O–H groups in total. The molecule has 3 heteroatoms. The van der Waals surface area contributed by atoms with Gasteiger partial charge in [-0.05, 0) is 32.9 Å². The summed E-state index contributed by atoms with van der Waals surface area (Å²) in [5.74, 6) is 0.512. The van der Waals surface area contributed by atoms with Crippen LogP contribution in [0.1, 0.15) is 12.8 Å². The predicted molar refractivity (Wildman–Crippen MR) is 46.6 cm³/mol. The largest absolute Gasteiger partial charge is 0.382 e. The molecule has 1 aliphatic carbocycles. The van der Waals surface area contributed by atoms with Crippen LogP contribution in [0.15, 0.2) is 0 Å². The number of hydrogen-bond donors (Lipinski definition) is 0. The van der Waals surface area contributed by atoms with E-state index in [4.69, 9.17) is 10.00 Å². The maximum Gasteiger partial charge on any atom is 0.135 e. The highest BCUT2D eigenvalue weighted by Gasteiger charge is 2.47. The SMILES string of the molecule is COCC(C#N)(C1CC1)N(C)C. The first-order valence-corrected chi connectivity index (χ1v) is 4.25. The van der Waals surface area contributed by atoms with Crippen LogP contribution in [-0.4, -0.2) is 38.3 Å². The zero-order chi connectivity index (χ0) is 9.19. The highest BCUT2D eigenvalue weighted by atomic mass is 16.5. The molecular formula is C9H16N2O. The topological polar surface area (TPSA) is 36.3 Å². The van der Waals surface area contributed by atoms with Gasteiger partial charge in [-0.25, -0.2) is 0 Å². The second-order valence-electron chi connectivity index (χ2n) is 3.64. The first-order chi connectivity index (χ1) is 5.67. The van der Waals surface area contributed by atoms with Gasteiger partial charge in [-0.15, -0.1) is 0 Å². The van der Waals surface area contributed by atoms with E-state index in [9.17, 15) is 0 Å². The first kappa shape index (κ1) is 9.50. The lowest BCUT2D eigenvalue weighted by atomic mass is 9.95. The van der Waals surface area contributed by atoms with E-state index < -0.39 is 0 Å². The Morgan fingerprint density at radius 3 is 2.42 bits per heavy atom. The Balaban J connectivity index is 2.73. The molecule has 0 aromatic heterocycles. The van der Waals surface area contributed by atoms with Crippen molar-refractivity contribution in [1.82, 2.24) is 4.90 Å². The third-order valence-electron chi connectivity index (χ3n) is 2.61. The minimum atomic E-state index is -0.380. The molecule has 0 saturated heterocycles. The number of nitriles is 1. The molecule has 0 amide bonds. The standard InChI is InChI=1S/C9H16N2O/c1-11(2)9(6-10,7-12-3)8-4-5-8/h8H,4-5,7H2,1-3H3. The van der Waals surface area contributed by atoms with Crippen molar-refractivity contribution in [3.63, 3.8) is 0 Å². The van der Waals surface area contributed by atoms with Crippen LogP contribution in [0.2, 0.25) is 0 Å². The lowest BCUT2D eigenvalue weighted by molar-refractivity contribution is 0.0634. The van der Waals surface area contributed by atoms with Crippen molar-refractivity contribution in [2.45, 2.75) is 18.4 Å². The van der Waals surface area contributed by atoms with Crippen LogP contribution in [0.3, 0.4) is 0 Å². The van der Waals surface area contributed by atoms with E-state index >= 15 is 0 Å². The molecule has 0 radical (unpaired) electrons. The molecule has 0 aliphatic heterocycles. The Labute approximate surface area is 73.9 Å². The van der Waals surface area contributed by atoms with Gasteiger partial charge in [0.05, 0.1) is 12.7 Å². The number of methoxy groups -OCH3 is 1. The van der Waals surface area contributed by atoms with Crippen molar-refractivity contribution in [2.75, 3.05) is 27.8 Å². The van der Waals surface area contributed by atoms with Gasteiger partial charge in [0.1, 0.15) is 5.54 Å². The Hall–Kier alpha value is -0.590. The number of ether oxygens (including phenoxy) is 1.